The molecule has 1 aromatic carbocycles. The van der Waals surface area contributed by atoms with E-state index in [-0.39, 0.29) is 5.91 Å². The SMILES string of the molecule is CC#CC(=O)N(C)c1cc2c(cc1OCCN(C)C)CCNC2. The number of anilines is 1. The molecule has 2 rings (SSSR count). The minimum absolute atomic E-state index is 0.228. The lowest BCUT2D eigenvalue weighted by atomic mass is 9.99. The summed E-state index contributed by atoms with van der Waals surface area (Å²) in [5, 5.41) is 3.36. The molecule has 1 heterocycles. The Morgan fingerprint density at radius 3 is 2.78 bits per heavy atom. The van der Waals surface area contributed by atoms with Gasteiger partial charge < -0.3 is 19.9 Å². The summed E-state index contributed by atoms with van der Waals surface area (Å²) in [5.41, 5.74) is 3.28. The lowest BCUT2D eigenvalue weighted by Gasteiger charge is -2.24. The summed E-state index contributed by atoms with van der Waals surface area (Å²) in [6.07, 6.45) is 0.978. The number of ether oxygens (including phenoxy) is 1. The number of amides is 1. The number of benzene rings is 1. The lowest BCUT2D eigenvalue weighted by Crippen LogP contribution is -2.28. The Bertz CT molecular complexity index is 629. The largest absolute Gasteiger partial charge is 0.490 e. The van der Waals surface area contributed by atoms with Gasteiger partial charge in [0.2, 0.25) is 0 Å². The van der Waals surface area contributed by atoms with Crippen molar-refractivity contribution >= 4 is 11.6 Å². The fraction of sp³-hybridized carbons (Fsp3) is 0.500. The minimum atomic E-state index is -0.228. The van der Waals surface area contributed by atoms with E-state index in [4.69, 9.17) is 4.74 Å². The number of hydrogen-bond donors (Lipinski definition) is 1. The van der Waals surface area contributed by atoms with Crippen LogP contribution < -0.4 is 15.0 Å². The van der Waals surface area contributed by atoms with Crippen molar-refractivity contribution in [3.8, 4) is 17.6 Å². The molecule has 0 fully saturated rings. The Hall–Kier alpha value is -2.03. The number of hydrogen-bond acceptors (Lipinski definition) is 4. The molecule has 1 aromatic rings. The fourth-order valence-corrected chi connectivity index (χ4v) is 2.51. The van der Waals surface area contributed by atoms with E-state index in [1.54, 1.807) is 18.9 Å². The van der Waals surface area contributed by atoms with Gasteiger partial charge in [0.05, 0.1) is 5.69 Å². The first-order valence-corrected chi connectivity index (χ1v) is 7.87. The van der Waals surface area contributed by atoms with Crippen LogP contribution in [0.4, 0.5) is 5.69 Å². The zero-order valence-electron chi connectivity index (χ0n) is 14.4. The van der Waals surface area contributed by atoms with Crippen molar-refractivity contribution in [1.29, 1.82) is 0 Å². The number of carbonyl (C=O) groups excluding carboxylic acids is 1. The number of likely N-dealkylation sites (N-methyl/N-ethyl adjacent to an activating group) is 1. The molecule has 0 aliphatic carbocycles. The average Bonchev–Trinajstić information content (AvgIpc) is 2.53. The zero-order chi connectivity index (χ0) is 16.8. The first-order valence-electron chi connectivity index (χ1n) is 7.87. The van der Waals surface area contributed by atoms with Gasteiger partial charge in [-0.05, 0) is 63.2 Å². The van der Waals surface area contributed by atoms with E-state index in [1.165, 1.54) is 11.1 Å². The van der Waals surface area contributed by atoms with Crippen LogP contribution >= 0.6 is 0 Å². The maximum atomic E-state index is 12.1. The van der Waals surface area contributed by atoms with Crippen molar-refractivity contribution < 1.29 is 9.53 Å². The molecule has 0 radical (unpaired) electrons. The molecule has 1 N–H and O–H groups in total. The molecule has 0 aromatic heterocycles. The van der Waals surface area contributed by atoms with Crippen LogP contribution in [0.1, 0.15) is 18.1 Å². The molecule has 0 bridgehead atoms. The lowest BCUT2D eigenvalue weighted by molar-refractivity contribution is -0.113. The Kier molecular flexibility index (Phi) is 6.03. The minimum Gasteiger partial charge on any atom is -0.490 e. The number of rotatable bonds is 5. The molecule has 0 saturated carbocycles. The zero-order valence-corrected chi connectivity index (χ0v) is 14.4. The maximum Gasteiger partial charge on any atom is 0.302 e. The second-order valence-electron chi connectivity index (χ2n) is 5.91. The predicted octanol–water partition coefficient (Wildman–Crippen LogP) is 1.26. The van der Waals surface area contributed by atoms with Gasteiger partial charge in [0.1, 0.15) is 12.4 Å². The average molecular weight is 315 g/mol. The molecule has 0 saturated heterocycles. The predicted molar refractivity (Wildman–Crippen MR) is 92.8 cm³/mol. The van der Waals surface area contributed by atoms with Gasteiger partial charge in [-0.2, -0.15) is 0 Å². The number of carbonyl (C=O) groups is 1. The van der Waals surface area contributed by atoms with Gasteiger partial charge in [-0.15, -0.1) is 0 Å². The number of nitrogens with zero attached hydrogens (tertiary/aromatic N) is 2. The molecule has 0 unspecified atom stereocenters. The highest BCUT2D eigenvalue weighted by Gasteiger charge is 2.19. The van der Waals surface area contributed by atoms with Gasteiger partial charge in [-0.3, -0.25) is 4.79 Å². The van der Waals surface area contributed by atoms with Gasteiger partial charge in [0.15, 0.2) is 0 Å². The summed E-state index contributed by atoms with van der Waals surface area (Å²) < 4.78 is 5.96. The number of fused-ring (bicyclic) bond motifs is 1. The highest BCUT2D eigenvalue weighted by atomic mass is 16.5. The smallest absolute Gasteiger partial charge is 0.302 e. The van der Waals surface area contributed by atoms with E-state index in [9.17, 15) is 4.79 Å². The van der Waals surface area contributed by atoms with Crippen LogP contribution in [0.25, 0.3) is 0 Å². The summed E-state index contributed by atoms with van der Waals surface area (Å²) in [6.45, 7) is 4.86. The quantitative estimate of drug-likeness (QED) is 0.831. The Morgan fingerprint density at radius 2 is 2.09 bits per heavy atom. The molecule has 1 aliphatic heterocycles. The van der Waals surface area contributed by atoms with Crippen LogP contribution in [0.2, 0.25) is 0 Å². The highest BCUT2D eigenvalue weighted by molar-refractivity contribution is 6.06. The van der Waals surface area contributed by atoms with E-state index in [0.717, 1.165) is 37.5 Å². The van der Waals surface area contributed by atoms with Crippen LogP contribution in [0.3, 0.4) is 0 Å². The first kappa shape index (κ1) is 17.3. The summed E-state index contributed by atoms with van der Waals surface area (Å²) >= 11 is 0. The molecule has 5 heteroatoms. The second-order valence-corrected chi connectivity index (χ2v) is 5.91. The van der Waals surface area contributed by atoms with Gasteiger partial charge in [0, 0.05) is 20.1 Å². The van der Waals surface area contributed by atoms with Crippen molar-refractivity contribution in [2.75, 3.05) is 45.7 Å². The third-order valence-corrected chi connectivity index (χ3v) is 3.86. The van der Waals surface area contributed by atoms with Crippen molar-refractivity contribution in [3.63, 3.8) is 0 Å². The molecule has 5 nitrogen and oxygen atoms in total. The number of nitrogens with one attached hydrogen (secondary N) is 1. The van der Waals surface area contributed by atoms with Crippen LogP contribution in [0.5, 0.6) is 5.75 Å². The van der Waals surface area contributed by atoms with E-state index in [1.807, 2.05) is 20.2 Å². The molecular formula is C18H25N3O2. The summed E-state index contributed by atoms with van der Waals surface area (Å²) in [6, 6.07) is 4.12. The van der Waals surface area contributed by atoms with Crippen molar-refractivity contribution in [1.82, 2.24) is 10.2 Å². The summed E-state index contributed by atoms with van der Waals surface area (Å²) in [7, 11) is 5.76. The first-order chi connectivity index (χ1) is 11.0. The molecule has 1 amide bonds. The molecule has 0 spiro atoms. The van der Waals surface area contributed by atoms with Crippen molar-refractivity contribution in [2.45, 2.75) is 19.9 Å². The normalized spacial score (nSPS) is 13.1. The van der Waals surface area contributed by atoms with Crippen molar-refractivity contribution in [3.05, 3.63) is 23.3 Å². The third-order valence-electron chi connectivity index (χ3n) is 3.86. The Balaban J connectivity index is 2.31. The monoisotopic (exact) mass is 315 g/mol. The van der Waals surface area contributed by atoms with E-state index < -0.39 is 0 Å². The third kappa shape index (κ3) is 4.47. The highest BCUT2D eigenvalue weighted by Crippen LogP contribution is 2.33. The van der Waals surface area contributed by atoms with Gasteiger partial charge in [-0.25, -0.2) is 0 Å². The van der Waals surface area contributed by atoms with Crippen LogP contribution in [0.15, 0.2) is 12.1 Å². The topological polar surface area (TPSA) is 44.8 Å². The summed E-state index contributed by atoms with van der Waals surface area (Å²) in [5.74, 6) is 5.76. The summed E-state index contributed by atoms with van der Waals surface area (Å²) in [4.78, 5) is 15.8. The maximum absolute atomic E-state index is 12.1. The van der Waals surface area contributed by atoms with E-state index in [0.29, 0.717) is 6.61 Å². The van der Waals surface area contributed by atoms with Gasteiger partial charge in [0.25, 0.3) is 0 Å². The molecule has 124 valence electrons. The van der Waals surface area contributed by atoms with Gasteiger partial charge in [-0.1, -0.05) is 5.92 Å². The molecular weight excluding hydrogens is 290 g/mol. The molecule has 0 atom stereocenters. The van der Waals surface area contributed by atoms with Crippen LogP contribution in [0, 0.1) is 11.8 Å². The fourth-order valence-electron chi connectivity index (χ4n) is 2.51. The van der Waals surface area contributed by atoms with Gasteiger partial charge >= 0.3 is 5.91 Å². The Morgan fingerprint density at radius 1 is 1.30 bits per heavy atom. The second kappa shape index (κ2) is 8.00. The van der Waals surface area contributed by atoms with Crippen LogP contribution in [-0.2, 0) is 17.8 Å². The van der Waals surface area contributed by atoms with Crippen LogP contribution in [-0.4, -0.2) is 51.6 Å². The van der Waals surface area contributed by atoms with Crippen molar-refractivity contribution in [2.24, 2.45) is 0 Å². The standard InChI is InChI=1S/C18H25N3O2/c1-5-6-18(22)21(4)16-11-15-13-19-8-7-14(15)12-17(16)23-10-9-20(2)3/h11-12,19H,7-10,13H2,1-4H3. The van der Waals surface area contributed by atoms with E-state index >= 15 is 0 Å². The molecule has 23 heavy (non-hydrogen) atoms. The Labute approximate surface area is 138 Å². The molecule has 1 aliphatic rings. The van der Waals surface area contributed by atoms with E-state index in [2.05, 4.69) is 28.1 Å².